The number of hydrogen-bond donors (Lipinski definition) is 1. The van der Waals surface area contributed by atoms with E-state index in [1.165, 1.54) is 0 Å². The number of aliphatic hydroxyl groups is 1. The normalized spacial score (nSPS) is 17.9. The van der Waals surface area contributed by atoms with Gasteiger partial charge in [-0.1, -0.05) is 18.2 Å². The van der Waals surface area contributed by atoms with E-state index >= 15 is 0 Å². The van der Waals surface area contributed by atoms with Crippen molar-refractivity contribution in [3.63, 3.8) is 0 Å². The molecule has 1 aromatic heterocycles. The number of β-amino-alcohol motifs (C(OH)–C–C–N with tert-alkyl or cyclic N) is 1. The number of aromatic nitrogens is 2. The highest BCUT2D eigenvalue weighted by molar-refractivity contribution is 5.96. The van der Waals surface area contributed by atoms with Crippen LogP contribution in [0.25, 0.3) is 5.69 Å². The molecule has 1 aliphatic heterocycles. The first-order chi connectivity index (χ1) is 15.1. The van der Waals surface area contributed by atoms with E-state index in [2.05, 4.69) is 5.10 Å². The number of fused-ring (bicyclic) bond motifs is 1. The molecule has 1 atom stereocenters. The van der Waals surface area contributed by atoms with Gasteiger partial charge in [-0.15, -0.1) is 0 Å². The second-order valence-electron chi connectivity index (χ2n) is 8.03. The van der Waals surface area contributed by atoms with Gasteiger partial charge >= 0.3 is 0 Å². The fraction of sp³-hybridized carbons (Fsp3) is 0.333. The first-order valence-corrected chi connectivity index (χ1v) is 10.5. The van der Waals surface area contributed by atoms with Gasteiger partial charge in [-0.25, -0.2) is 4.68 Å². The standard InChI is InChI=1S/C24H25N3O4/c1-30-20-10-11-21(31-2)22-18(20)13-26(14-19(22)28)24(29)17-12-25-27(23(17)15-8-9-15)16-6-4-3-5-7-16/h3-7,10-12,15,19,28H,8-9,13-14H2,1-2H3. The van der Waals surface area contributed by atoms with Crippen molar-refractivity contribution in [3.8, 4) is 17.2 Å². The van der Waals surface area contributed by atoms with Crippen molar-refractivity contribution in [1.29, 1.82) is 0 Å². The predicted octanol–water partition coefficient (Wildman–Crippen LogP) is 3.46. The Morgan fingerprint density at radius 1 is 1.06 bits per heavy atom. The van der Waals surface area contributed by atoms with Crippen LogP contribution in [0.5, 0.6) is 11.5 Å². The van der Waals surface area contributed by atoms with Crippen molar-refractivity contribution in [2.24, 2.45) is 0 Å². The van der Waals surface area contributed by atoms with Crippen LogP contribution in [0.2, 0.25) is 0 Å². The molecule has 2 heterocycles. The lowest BCUT2D eigenvalue weighted by atomic mass is 9.94. The number of amides is 1. The van der Waals surface area contributed by atoms with Crippen LogP contribution >= 0.6 is 0 Å². The van der Waals surface area contributed by atoms with Crippen molar-refractivity contribution in [2.75, 3.05) is 20.8 Å². The highest BCUT2D eigenvalue weighted by Crippen LogP contribution is 2.44. The second kappa shape index (κ2) is 7.74. The molecule has 1 aliphatic carbocycles. The zero-order valence-electron chi connectivity index (χ0n) is 17.6. The van der Waals surface area contributed by atoms with Crippen molar-refractivity contribution < 1.29 is 19.4 Å². The van der Waals surface area contributed by atoms with Crippen LogP contribution in [0.1, 0.15) is 52.0 Å². The van der Waals surface area contributed by atoms with Gasteiger partial charge in [0.15, 0.2) is 0 Å². The number of nitrogens with zero attached hydrogens (tertiary/aromatic N) is 3. The number of aliphatic hydroxyl groups excluding tert-OH is 1. The molecule has 5 rings (SSSR count). The minimum atomic E-state index is -0.855. The largest absolute Gasteiger partial charge is 0.496 e. The maximum atomic E-state index is 13.6. The summed E-state index contributed by atoms with van der Waals surface area (Å²) in [5.41, 5.74) is 3.96. The Bertz CT molecular complexity index is 1120. The Balaban J connectivity index is 1.52. The summed E-state index contributed by atoms with van der Waals surface area (Å²) < 4.78 is 12.8. The van der Waals surface area contributed by atoms with E-state index in [-0.39, 0.29) is 12.5 Å². The van der Waals surface area contributed by atoms with E-state index < -0.39 is 6.10 Å². The molecular formula is C24H25N3O4. The molecular weight excluding hydrogens is 394 g/mol. The van der Waals surface area contributed by atoms with E-state index in [0.717, 1.165) is 29.8 Å². The molecule has 0 radical (unpaired) electrons. The van der Waals surface area contributed by atoms with Crippen LogP contribution in [0.3, 0.4) is 0 Å². The SMILES string of the molecule is COc1ccc(OC)c2c1CN(C(=O)c1cnn(-c3ccccc3)c1C1CC1)CC2O. The Kier molecular flexibility index (Phi) is 4.90. The zero-order valence-corrected chi connectivity index (χ0v) is 17.6. The third-order valence-corrected chi connectivity index (χ3v) is 6.08. The maximum absolute atomic E-state index is 13.6. The number of carbonyl (C=O) groups excluding carboxylic acids is 1. The molecule has 1 fully saturated rings. The summed E-state index contributed by atoms with van der Waals surface area (Å²) in [4.78, 5) is 15.3. The molecule has 1 unspecified atom stereocenters. The summed E-state index contributed by atoms with van der Waals surface area (Å²) >= 11 is 0. The smallest absolute Gasteiger partial charge is 0.257 e. The molecule has 2 aliphatic rings. The van der Waals surface area contributed by atoms with Crippen LogP contribution in [0, 0.1) is 0 Å². The average Bonchev–Trinajstić information content (AvgIpc) is 3.55. The first kappa shape index (κ1) is 19.6. The molecule has 1 N–H and O–H groups in total. The minimum absolute atomic E-state index is 0.126. The predicted molar refractivity (Wildman–Crippen MR) is 115 cm³/mol. The first-order valence-electron chi connectivity index (χ1n) is 10.5. The summed E-state index contributed by atoms with van der Waals surface area (Å²) in [6.45, 7) is 0.530. The minimum Gasteiger partial charge on any atom is -0.496 e. The fourth-order valence-corrected chi connectivity index (χ4v) is 4.45. The van der Waals surface area contributed by atoms with Gasteiger partial charge in [-0.05, 0) is 37.1 Å². The molecule has 7 heteroatoms. The molecule has 0 spiro atoms. The van der Waals surface area contributed by atoms with E-state index in [9.17, 15) is 9.90 Å². The lowest BCUT2D eigenvalue weighted by molar-refractivity contribution is 0.0537. The highest BCUT2D eigenvalue weighted by Gasteiger charge is 2.37. The van der Waals surface area contributed by atoms with Crippen LogP contribution < -0.4 is 9.47 Å². The monoisotopic (exact) mass is 419 g/mol. The van der Waals surface area contributed by atoms with E-state index in [4.69, 9.17) is 9.47 Å². The number of carbonyl (C=O) groups is 1. The Morgan fingerprint density at radius 3 is 2.45 bits per heavy atom. The lowest BCUT2D eigenvalue weighted by Crippen LogP contribution is -2.39. The summed E-state index contributed by atoms with van der Waals surface area (Å²) in [5.74, 6) is 1.44. The number of ether oxygens (including phenoxy) is 2. The van der Waals surface area contributed by atoms with Gasteiger partial charge in [0.1, 0.15) is 17.6 Å². The Hall–Kier alpha value is -3.32. The quantitative estimate of drug-likeness (QED) is 0.685. The molecule has 0 saturated heterocycles. The van der Waals surface area contributed by atoms with E-state index in [1.807, 2.05) is 35.0 Å². The molecule has 0 bridgehead atoms. The van der Waals surface area contributed by atoms with Gasteiger partial charge in [0.05, 0.1) is 50.5 Å². The van der Waals surface area contributed by atoms with Crippen molar-refractivity contribution >= 4 is 5.91 Å². The number of hydrogen-bond acceptors (Lipinski definition) is 5. The topological polar surface area (TPSA) is 76.8 Å². The third kappa shape index (κ3) is 3.35. The summed E-state index contributed by atoms with van der Waals surface area (Å²) in [5, 5.41) is 15.4. The summed E-state index contributed by atoms with van der Waals surface area (Å²) in [6.07, 6.45) is 2.91. The van der Waals surface area contributed by atoms with Gasteiger partial charge in [0.25, 0.3) is 5.91 Å². The fourth-order valence-electron chi connectivity index (χ4n) is 4.45. The highest BCUT2D eigenvalue weighted by atomic mass is 16.5. The van der Waals surface area contributed by atoms with Crippen molar-refractivity contribution in [1.82, 2.24) is 14.7 Å². The van der Waals surface area contributed by atoms with Crippen LogP contribution in [-0.2, 0) is 6.54 Å². The summed E-state index contributed by atoms with van der Waals surface area (Å²) in [6, 6.07) is 13.5. The molecule has 1 amide bonds. The Morgan fingerprint density at radius 2 is 1.77 bits per heavy atom. The second-order valence-corrected chi connectivity index (χ2v) is 8.03. The van der Waals surface area contributed by atoms with Crippen LogP contribution in [0.15, 0.2) is 48.7 Å². The van der Waals surface area contributed by atoms with Gasteiger partial charge in [0.2, 0.25) is 0 Å². The molecule has 1 saturated carbocycles. The Labute approximate surface area is 180 Å². The third-order valence-electron chi connectivity index (χ3n) is 6.08. The van der Waals surface area contributed by atoms with E-state index in [0.29, 0.717) is 35.1 Å². The molecule has 160 valence electrons. The zero-order chi connectivity index (χ0) is 21.5. The number of methoxy groups -OCH3 is 2. The molecule has 3 aromatic rings. The number of benzene rings is 2. The maximum Gasteiger partial charge on any atom is 0.257 e. The summed E-state index contributed by atoms with van der Waals surface area (Å²) in [7, 11) is 3.16. The van der Waals surface area contributed by atoms with Crippen LogP contribution in [0.4, 0.5) is 0 Å². The van der Waals surface area contributed by atoms with Crippen molar-refractivity contribution in [3.05, 3.63) is 71.0 Å². The molecule has 2 aromatic carbocycles. The van der Waals surface area contributed by atoms with Gasteiger partial charge in [-0.3, -0.25) is 4.79 Å². The van der Waals surface area contributed by atoms with Gasteiger partial charge < -0.3 is 19.5 Å². The number of para-hydroxylation sites is 1. The van der Waals surface area contributed by atoms with Gasteiger partial charge in [0, 0.05) is 17.0 Å². The molecule has 7 nitrogen and oxygen atoms in total. The number of rotatable bonds is 5. The van der Waals surface area contributed by atoms with Crippen LogP contribution in [-0.4, -0.2) is 46.5 Å². The average molecular weight is 419 g/mol. The lowest BCUT2D eigenvalue weighted by Gasteiger charge is -2.34. The van der Waals surface area contributed by atoms with E-state index in [1.54, 1.807) is 37.4 Å². The molecule has 31 heavy (non-hydrogen) atoms. The van der Waals surface area contributed by atoms with Gasteiger partial charge in [-0.2, -0.15) is 5.10 Å². The van der Waals surface area contributed by atoms with Crippen molar-refractivity contribution in [2.45, 2.75) is 31.4 Å².